The zero-order valence-electron chi connectivity index (χ0n) is 14.4. The number of nitrogens with zero attached hydrogens (tertiary/aromatic N) is 2. The van der Waals surface area contributed by atoms with Crippen LogP contribution in [0.15, 0.2) is 39.5 Å². The Morgan fingerprint density at radius 1 is 1.08 bits per heavy atom. The minimum absolute atomic E-state index is 0.0458. The van der Waals surface area contributed by atoms with Crippen LogP contribution < -0.4 is 5.63 Å². The summed E-state index contributed by atoms with van der Waals surface area (Å²) in [5.74, 6) is -0.195. The molecule has 2 amide bonds. The van der Waals surface area contributed by atoms with E-state index in [-0.39, 0.29) is 17.4 Å². The molecule has 0 bridgehead atoms. The summed E-state index contributed by atoms with van der Waals surface area (Å²) in [6.45, 7) is 3.94. The van der Waals surface area contributed by atoms with E-state index in [1.807, 2.05) is 6.07 Å². The van der Waals surface area contributed by atoms with Crippen molar-refractivity contribution in [1.82, 2.24) is 9.80 Å². The summed E-state index contributed by atoms with van der Waals surface area (Å²) < 4.78 is 5.24. The molecule has 2 heterocycles. The van der Waals surface area contributed by atoms with Crippen LogP contribution in [0.3, 0.4) is 0 Å². The third kappa shape index (κ3) is 3.73. The van der Waals surface area contributed by atoms with Gasteiger partial charge in [-0.2, -0.15) is 0 Å². The van der Waals surface area contributed by atoms with E-state index in [0.717, 1.165) is 18.2 Å². The summed E-state index contributed by atoms with van der Waals surface area (Å²) in [7, 11) is 0. The van der Waals surface area contributed by atoms with E-state index in [9.17, 15) is 14.4 Å². The van der Waals surface area contributed by atoms with Crippen LogP contribution in [0.4, 0.5) is 0 Å². The summed E-state index contributed by atoms with van der Waals surface area (Å²) in [4.78, 5) is 40.3. The first-order valence-electron chi connectivity index (χ1n) is 8.70. The van der Waals surface area contributed by atoms with Crippen molar-refractivity contribution >= 4 is 22.8 Å². The van der Waals surface area contributed by atoms with Crippen LogP contribution in [-0.2, 0) is 4.79 Å². The lowest BCUT2D eigenvalue weighted by molar-refractivity contribution is -0.132. The number of hydrogen-bond donors (Lipinski definition) is 0. The molecule has 3 rings (SSSR count). The molecule has 0 unspecified atom stereocenters. The van der Waals surface area contributed by atoms with E-state index in [1.165, 1.54) is 0 Å². The Morgan fingerprint density at radius 2 is 1.76 bits per heavy atom. The smallest absolute Gasteiger partial charge is 0.349 e. The van der Waals surface area contributed by atoms with E-state index < -0.39 is 5.63 Å². The number of carbonyl (C=O) groups excluding carboxylic acids is 2. The molecule has 1 aliphatic heterocycles. The molecule has 0 aliphatic carbocycles. The fourth-order valence-electron chi connectivity index (χ4n) is 3.03. The van der Waals surface area contributed by atoms with E-state index in [1.54, 1.807) is 34.1 Å². The van der Waals surface area contributed by atoms with Crippen LogP contribution in [-0.4, -0.2) is 47.8 Å². The van der Waals surface area contributed by atoms with Gasteiger partial charge in [-0.15, -0.1) is 0 Å². The lowest BCUT2D eigenvalue weighted by Gasteiger charge is -2.34. The van der Waals surface area contributed by atoms with Crippen molar-refractivity contribution < 1.29 is 14.0 Å². The molecule has 0 atom stereocenters. The molecule has 132 valence electrons. The second-order valence-corrected chi connectivity index (χ2v) is 6.26. The number of fused-ring (bicyclic) bond motifs is 1. The summed E-state index contributed by atoms with van der Waals surface area (Å²) in [5, 5.41) is 0.721. The van der Waals surface area contributed by atoms with Crippen LogP contribution in [0.2, 0.25) is 0 Å². The van der Waals surface area contributed by atoms with Crippen molar-refractivity contribution in [1.29, 1.82) is 0 Å². The fraction of sp³-hybridized carbons (Fsp3) is 0.421. The first kappa shape index (κ1) is 17.2. The maximum absolute atomic E-state index is 12.7. The van der Waals surface area contributed by atoms with Crippen molar-refractivity contribution in [3.63, 3.8) is 0 Å². The van der Waals surface area contributed by atoms with Crippen LogP contribution in [0.1, 0.15) is 36.5 Å². The van der Waals surface area contributed by atoms with Gasteiger partial charge in [0.15, 0.2) is 0 Å². The van der Waals surface area contributed by atoms with Gasteiger partial charge >= 0.3 is 5.63 Å². The molecular formula is C19H22N2O4. The highest BCUT2D eigenvalue weighted by Gasteiger charge is 2.26. The molecule has 0 saturated carbocycles. The standard InChI is InChI=1S/C19H22N2O4/c1-2-3-8-17(22)20-9-11-21(12-10-20)18(23)15-13-14-6-4-5-7-16(14)25-19(15)24/h4-7,13H,2-3,8-12H2,1H3. The quantitative estimate of drug-likeness (QED) is 0.799. The van der Waals surface area contributed by atoms with Crippen LogP contribution in [0, 0.1) is 0 Å². The van der Waals surface area contributed by atoms with Gasteiger partial charge in [0, 0.05) is 38.0 Å². The molecule has 1 saturated heterocycles. The number of carbonyl (C=O) groups is 2. The molecule has 1 aromatic heterocycles. The minimum Gasteiger partial charge on any atom is -0.422 e. The van der Waals surface area contributed by atoms with Crippen molar-refractivity contribution in [3.05, 3.63) is 46.3 Å². The zero-order valence-corrected chi connectivity index (χ0v) is 14.4. The minimum atomic E-state index is -0.620. The Hall–Kier alpha value is -2.63. The zero-order chi connectivity index (χ0) is 17.8. The van der Waals surface area contributed by atoms with Crippen molar-refractivity contribution in [2.24, 2.45) is 0 Å². The van der Waals surface area contributed by atoms with Gasteiger partial charge in [0.2, 0.25) is 5.91 Å². The number of para-hydroxylation sites is 1. The molecule has 6 heteroatoms. The third-order valence-corrected chi connectivity index (χ3v) is 4.54. The number of rotatable bonds is 4. The highest BCUT2D eigenvalue weighted by Crippen LogP contribution is 2.15. The molecule has 6 nitrogen and oxygen atoms in total. The number of benzene rings is 1. The highest BCUT2D eigenvalue weighted by atomic mass is 16.4. The van der Waals surface area contributed by atoms with Gasteiger partial charge in [0.25, 0.3) is 5.91 Å². The number of unbranched alkanes of at least 4 members (excludes halogenated alkanes) is 1. The first-order chi connectivity index (χ1) is 12.1. The van der Waals surface area contributed by atoms with Gasteiger partial charge in [-0.3, -0.25) is 9.59 Å². The fourth-order valence-corrected chi connectivity index (χ4v) is 3.03. The predicted molar refractivity (Wildman–Crippen MR) is 94.5 cm³/mol. The molecule has 0 radical (unpaired) electrons. The summed E-state index contributed by atoms with van der Waals surface area (Å²) in [6, 6.07) is 8.70. The third-order valence-electron chi connectivity index (χ3n) is 4.54. The normalized spacial score (nSPS) is 14.8. The Balaban J connectivity index is 1.70. The largest absolute Gasteiger partial charge is 0.422 e. The predicted octanol–water partition coefficient (Wildman–Crippen LogP) is 2.27. The monoisotopic (exact) mass is 342 g/mol. The average Bonchev–Trinajstić information content (AvgIpc) is 2.65. The molecule has 1 aliphatic rings. The van der Waals surface area contributed by atoms with Gasteiger partial charge in [0.05, 0.1) is 0 Å². The van der Waals surface area contributed by atoms with E-state index >= 15 is 0 Å². The Labute approximate surface area is 146 Å². The summed E-state index contributed by atoms with van der Waals surface area (Å²) in [6.07, 6.45) is 2.43. The maximum atomic E-state index is 12.7. The topological polar surface area (TPSA) is 70.8 Å². The highest BCUT2D eigenvalue weighted by molar-refractivity contribution is 5.96. The van der Waals surface area contributed by atoms with Gasteiger partial charge < -0.3 is 14.2 Å². The molecule has 0 N–H and O–H groups in total. The van der Waals surface area contributed by atoms with E-state index in [4.69, 9.17) is 4.42 Å². The Bertz CT molecular complexity index is 835. The van der Waals surface area contributed by atoms with Crippen molar-refractivity contribution in [3.8, 4) is 0 Å². The second-order valence-electron chi connectivity index (χ2n) is 6.26. The summed E-state index contributed by atoms with van der Waals surface area (Å²) in [5.41, 5.74) is -0.106. The summed E-state index contributed by atoms with van der Waals surface area (Å²) >= 11 is 0. The number of hydrogen-bond acceptors (Lipinski definition) is 4. The Kier molecular flexibility index (Phi) is 5.16. The number of amides is 2. The molecule has 25 heavy (non-hydrogen) atoms. The molecule has 2 aromatic rings. The molecule has 0 spiro atoms. The van der Waals surface area contributed by atoms with Gasteiger partial charge in [0.1, 0.15) is 11.1 Å². The van der Waals surface area contributed by atoms with Crippen LogP contribution in [0.25, 0.3) is 11.0 Å². The van der Waals surface area contributed by atoms with E-state index in [0.29, 0.717) is 38.2 Å². The van der Waals surface area contributed by atoms with Gasteiger partial charge in [-0.25, -0.2) is 4.79 Å². The van der Waals surface area contributed by atoms with Gasteiger partial charge in [-0.1, -0.05) is 31.5 Å². The van der Waals surface area contributed by atoms with E-state index in [2.05, 4.69) is 6.92 Å². The molecule has 1 fully saturated rings. The lowest BCUT2D eigenvalue weighted by Crippen LogP contribution is -2.51. The van der Waals surface area contributed by atoms with Crippen molar-refractivity contribution in [2.45, 2.75) is 26.2 Å². The van der Waals surface area contributed by atoms with Crippen LogP contribution in [0.5, 0.6) is 0 Å². The van der Waals surface area contributed by atoms with Gasteiger partial charge in [-0.05, 0) is 18.6 Å². The van der Waals surface area contributed by atoms with Crippen molar-refractivity contribution in [2.75, 3.05) is 26.2 Å². The first-order valence-corrected chi connectivity index (χ1v) is 8.70. The van der Waals surface area contributed by atoms with Crippen LogP contribution >= 0.6 is 0 Å². The second kappa shape index (κ2) is 7.51. The molecule has 1 aromatic carbocycles. The number of piperazine rings is 1. The molecular weight excluding hydrogens is 320 g/mol. The average molecular weight is 342 g/mol. The lowest BCUT2D eigenvalue weighted by atomic mass is 10.1. The SMILES string of the molecule is CCCCC(=O)N1CCN(C(=O)c2cc3ccccc3oc2=O)CC1. The Morgan fingerprint density at radius 3 is 2.48 bits per heavy atom. The maximum Gasteiger partial charge on any atom is 0.349 e.